The van der Waals surface area contributed by atoms with Crippen molar-refractivity contribution in [2.75, 3.05) is 6.61 Å². The lowest BCUT2D eigenvalue weighted by atomic mass is 10.1. The molecule has 1 aliphatic heterocycles. The molecule has 2 aromatic carbocycles. The van der Waals surface area contributed by atoms with Gasteiger partial charge >= 0.3 is 5.97 Å². The lowest BCUT2D eigenvalue weighted by Gasteiger charge is -2.08. The molecule has 116 valence electrons. The molecule has 1 aliphatic rings. The minimum Gasteiger partial charge on any atom is -0.493 e. The van der Waals surface area contributed by atoms with Gasteiger partial charge in [-0.05, 0) is 43.2 Å². The number of benzene rings is 2. The molecule has 0 bridgehead atoms. The second kappa shape index (κ2) is 6.48. The highest BCUT2D eigenvalue weighted by Gasteiger charge is 2.26. The molecule has 0 spiro atoms. The first-order chi connectivity index (χ1) is 11.2. The summed E-state index contributed by atoms with van der Waals surface area (Å²) in [5, 5.41) is 0. The van der Waals surface area contributed by atoms with E-state index in [9.17, 15) is 4.79 Å². The molecule has 0 N–H and O–H groups in total. The quantitative estimate of drug-likeness (QED) is 0.638. The van der Waals surface area contributed by atoms with Crippen LogP contribution in [0.15, 0.2) is 59.2 Å². The Bertz CT molecular complexity index is 806. The van der Waals surface area contributed by atoms with Crippen molar-refractivity contribution in [1.29, 1.82) is 0 Å². The lowest BCUT2D eigenvalue weighted by Crippen LogP contribution is -2.07. The van der Waals surface area contributed by atoms with Gasteiger partial charge < -0.3 is 9.47 Å². The third-order valence-electron chi connectivity index (χ3n) is 3.52. The monoisotopic (exact) mass is 307 g/mol. The van der Waals surface area contributed by atoms with Crippen LogP contribution in [0.5, 0.6) is 5.75 Å². The smallest absolute Gasteiger partial charge is 0.363 e. The maximum Gasteiger partial charge on any atom is 0.363 e. The van der Waals surface area contributed by atoms with E-state index >= 15 is 0 Å². The van der Waals surface area contributed by atoms with Crippen LogP contribution in [0.1, 0.15) is 23.6 Å². The number of para-hydroxylation sites is 1. The van der Waals surface area contributed by atoms with Gasteiger partial charge in [-0.25, -0.2) is 9.79 Å². The number of nitrogens with zero attached hydrogens (tertiary/aromatic N) is 1. The molecule has 0 saturated carbocycles. The highest BCUT2D eigenvalue weighted by molar-refractivity contribution is 6.13. The van der Waals surface area contributed by atoms with Gasteiger partial charge in [-0.1, -0.05) is 36.4 Å². The minimum absolute atomic E-state index is 0.277. The van der Waals surface area contributed by atoms with Crippen molar-refractivity contribution < 1.29 is 14.3 Å². The van der Waals surface area contributed by atoms with Gasteiger partial charge in [-0.3, -0.25) is 0 Å². The number of cyclic esters (lactones) is 1. The van der Waals surface area contributed by atoms with Crippen LogP contribution in [-0.4, -0.2) is 18.5 Å². The second-order valence-corrected chi connectivity index (χ2v) is 5.12. The summed E-state index contributed by atoms with van der Waals surface area (Å²) < 4.78 is 10.9. The zero-order chi connectivity index (χ0) is 16.2. The Kier molecular flexibility index (Phi) is 4.24. The average molecular weight is 307 g/mol. The predicted octanol–water partition coefficient (Wildman–Crippen LogP) is 3.74. The van der Waals surface area contributed by atoms with Crippen LogP contribution in [0.2, 0.25) is 0 Å². The van der Waals surface area contributed by atoms with E-state index in [0.29, 0.717) is 23.6 Å². The van der Waals surface area contributed by atoms with Gasteiger partial charge in [0.25, 0.3) is 0 Å². The Labute approximate surface area is 135 Å². The maximum absolute atomic E-state index is 12.1. The molecular formula is C19H17NO3. The molecule has 0 radical (unpaired) electrons. The molecule has 0 aromatic heterocycles. The highest BCUT2D eigenvalue weighted by atomic mass is 16.6. The van der Waals surface area contributed by atoms with Gasteiger partial charge in [0.15, 0.2) is 5.70 Å². The van der Waals surface area contributed by atoms with E-state index in [2.05, 4.69) is 4.99 Å². The molecule has 0 saturated heterocycles. The molecule has 0 unspecified atom stereocenters. The third-order valence-corrected chi connectivity index (χ3v) is 3.52. The Balaban J connectivity index is 1.98. The molecule has 0 fully saturated rings. The summed E-state index contributed by atoms with van der Waals surface area (Å²) in [6.45, 7) is 4.43. The van der Waals surface area contributed by atoms with Crippen molar-refractivity contribution >= 4 is 17.9 Å². The number of carbonyl (C=O) groups is 1. The Hall–Kier alpha value is -2.88. The zero-order valence-electron chi connectivity index (χ0n) is 13.1. The van der Waals surface area contributed by atoms with E-state index in [-0.39, 0.29) is 5.90 Å². The maximum atomic E-state index is 12.1. The van der Waals surface area contributed by atoms with Crippen LogP contribution in [0.25, 0.3) is 6.08 Å². The first-order valence-corrected chi connectivity index (χ1v) is 7.49. The predicted molar refractivity (Wildman–Crippen MR) is 89.4 cm³/mol. The third kappa shape index (κ3) is 3.16. The van der Waals surface area contributed by atoms with E-state index in [1.54, 1.807) is 6.08 Å². The molecule has 0 amide bonds. The first kappa shape index (κ1) is 15.0. The summed E-state index contributed by atoms with van der Waals surface area (Å²) in [7, 11) is 0. The Morgan fingerprint density at radius 1 is 1.13 bits per heavy atom. The van der Waals surface area contributed by atoms with Crippen LogP contribution >= 0.6 is 0 Å². The van der Waals surface area contributed by atoms with Crippen LogP contribution < -0.4 is 4.74 Å². The number of carbonyl (C=O) groups excluding carboxylic acids is 1. The largest absolute Gasteiger partial charge is 0.493 e. The van der Waals surface area contributed by atoms with Gasteiger partial charge in [-0.15, -0.1) is 0 Å². The standard InChI is InChI=1S/C19H17NO3/c1-3-22-17-11-7-6-10-15(17)18-20-16(19(21)23-18)12-14-9-5-4-8-13(14)2/h4-12H,3H2,1-2H3/b16-12-. The number of esters is 1. The minimum atomic E-state index is -0.449. The van der Waals surface area contributed by atoms with Crippen LogP contribution in [0.4, 0.5) is 0 Å². The fraction of sp³-hybridized carbons (Fsp3) is 0.158. The number of aryl methyl sites for hydroxylation is 1. The van der Waals surface area contributed by atoms with Crippen LogP contribution in [0, 0.1) is 6.92 Å². The van der Waals surface area contributed by atoms with Crippen molar-refractivity contribution in [2.24, 2.45) is 4.99 Å². The number of rotatable bonds is 4. The number of hydrogen-bond donors (Lipinski definition) is 0. The van der Waals surface area contributed by atoms with E-state index in [0.717, 1.165) is 11.1 Å². The van der Waals surface area contributed by atoms with Gasteiger partial charge in [-0.2, -0.15) is 0 Å². The fourth-order valence-corrected chi connectivity index (χ4v) is 2.35. The van der Waals surface area contributed by atoms with Gasteiger partial charge in [0.05, 0.1) is 12.2 Å². The summed E-state index contributed by atoms with van der Waals surface area (Å²) in [6.07, 6.45) is 1.74. The lowest BCUT2D eigenvalue weighted by molar-refractivity contribution is -0.129. The Morgan fingerprint density at radius 2 is 1.87 bits per heavy atom. The summed E-state index contributed by atoms with van der Waals surface area (Å²) in [6, 6.07) is 15.2. The summed E-state index contributed by atoms with van der Waals surface area (Å²) in [5.41, 5.74) is 2.99. The number of hydrogen-bond acceptors (Lipinski definition) is 4. The summed E-state index contributed by atoms with van der Waals surface area (Å²) >= 11 is 0. The van der Waals surface area contributed by atoms with Crippen molar-refractivity contribution in [3.63, 3.8) is 0 Å². The Morgan fingerprint density at radius 3 is 2.65 bits per heavy atom. The van der Waals surface area contributed by atoms with Crippen molar-refractivity contribution in [2.45, 2.75) is 13.8 Å². The SMILES string of the molecule is CCOc1ccccc1C1=N/C(=C\c2ccccc2C)C(=O)O1. The summed E-state index contributed by atoms with van der Waals surface area (Å²) in [4.78, 5) is 16.4. The molecular weight excluding hydrogens is 290 g/mol. The zero-order valence-corrected chi connectivity index (χ0v) is 13.1. The van der Waals surface area contributed by atoms with Gasteiger partial charge in [0.1, 0.15) is 5.75 Å². The number of aliphatic imine (C=N–C) groups is 1. The van der Waals surface area contributed by atoms with E-state index in [1.165, 1.54) is 0 Å². The van der Waals surface area contributed by atoms with Crippen molar-refractivity contribution in [3.8, 4) is 5.75 Å². The molecule has 0 atom stereocenters. The topological polar surface area (TPSA) is 47.9 Å². The van der Waals surface area contributed by atoms with Crippen molar-refractivity contribution in [3.05, 3.63) is 70.9 Å². The van der Waals surface area contributed by atoms with E-state index in [4.69, 9.17) is 9.47 Å². The van der Waals surface area contributed by atoms with E-state index in [1.807, 2.05) is 62.4 Å². The molecule has 1 heterocycles. The van der Waals surface area contributed by atoms with Gasteiger partial charge in [0.2, 0.25) is 5.90 Å². The van der Waals surface area contributed by atoms with Crippen LogP contribution in [-0.2, 0) is 9.53 Å². The molecule has 4 heteroatoms. The van der Waals surface area contributed by atoms with E-state index < -0.39 is 5.97 Å². The average Bonchev–Trinajstić information content (AvgIpc) is 2.91. The molecule has 23 heavy (non-hydrogen) atoms. The highest BCUT2D eigenvalue weighted by Crippen LogP contribution is 2.25. The first-order valence-electron chi connectivity index (χ1n) is 7.49. The normalized spacial score (nSPS) is 15.5. The molecule has 2 aromatic rings. The van der Waals surface area contributed by atoms with Crippen LogP contribution in [0.3, 0.4) is 0 Å². The van der Waals surface area contributed by atoms with Gasteiger partial charge in [0, 0.05) is 0 Å². The fourth-order valence-electron chi connectivity index (χ4n) is 2.35. The number of ether oxygens (including phenoxy) is 2. The molecule has 0 aliphatic carbocycles. The molecule has 3 rings (SSSR count). The van der Waals surface area contributed by atoms with Crippen molar-refractivity contribution in [1.82, 2.24) is 0 Å². The summed E-state index contributed by atoms with van der Waals surface area (Å²) in [5.74, 6) is 0.479. The molecule has 4 nitrogen and oxygen atoms in total. The second-order valence-electron chi connectivity index (χ2n) is 5.12.